The number of Topliss-reactive ketones (excluding diaryl/α,β-unsaturated/α-hetero) is 1. The summed E-state index contributed by atoms with van der Waals surface area (Å²) in [6, 6.07) is 11.5. The number of carbonyl (C=O) groups is 2. The number of methoxy groups -OCH3 is 1. The second kappa shape index (κ2) is 9.99. The highest BCUT2D eigenvalue weighted by Gasteiger charge is 2.16. The van der Waals surface area contributed by atoms with Crippen molar-refractivity contribution in [1.82, 2.24) is 4.57 Å². The van der Waals surface area contributed by atoms with E-state index in [1.165, 1.54) is 17.8 Å². The van der Waals surface area contributed by atoms with Gasteiger partial charge in [-0.15, -0.1) is 0 Å². The van der Waals surface area contributed by atoms with Crippen LogP contribution in [0.1, 0.15) is 21.7 Å². The minimum Gasteiger partial charge on any atom is -0.454 e. The maximum Gasteiger partial charge on any atom is 0.331 e. The van der Waals surface area contributed by atoms with Gasteiger partial charge in [-0.3, -0.25) is 4.79 Å². The molecule has 1 aromatic heterocycles. The van der Waals surface area contributed by atoms with Gasteiger partial charge in [0, 0.05) is 41.6 Å². The Morgan fingerprint density at radius 1 is 1.19 bits per heavy atom. The van der Waals surface area contributed by atoms with E-state index < -0.39 is 5.97 Å². The quantitative estimate of drug-likeness (QED) is 0.290. The zero-order valence-electron chi connectivity index (χ0n) is 15.2. The predicted molar refractivity (Wildman–Crippen MR) is 103 cm³/mol. The summed E-state index contributed by atoms with van der Waals surface area (Å²) < 4.78 is 12.2. The number of carbonyl (C=O) groups excluding carboxylic acids is 2. The summed E-state index contributed by atoms with van der Waals surface area (Å²) in [5, 5.41) is 1.65. The number of hydrogen-bond acceptors (Lipinski definition) is 5. The molecule has 26 heavy (non-hydrogen) atoms. The molecule has 0 aliphatic heterocycles. The van der Waals surface area contributed by atoms with Crippen molar-refractivity contribution < 1.29 is 19.1 Å². The van der Waals surface area contributed by atoms with Crippen molar-refractivity contribution in [2.75, 3.05) is 20.3 Å². The van der Waals surface area contributed by atoms with E-state index in [1.54, 1.807) is 12.5 Å². The van der Waals surface area contributed by atoms with Crippen LogP contribution in [0.5, 0.6) is 0 Å². The summed E-state index contributed by atoms with van der Waals surface area (Å²) in [6.45, 7) is 4.81. The van der Waals surface area contributed by atoms with Gasteiger partial charge >= 0.3 is 5.97 Å². The fourth-order valence-electron chi connectivity index (χ4n) is 2.54. The molecule has 5 nitrogen and oxygen atoms in total. The van der Waals surface area contributed by atoms with E-state index in [-0.39, 0.29) is 12.4 Å². The number of ketones is 1. The van der Waals surface area contributed by atoms with Crippen LogP contribution >= 0.6 is 11.8 Å². The Bertz CT molecular complexity index is 781. The average Bonchev–Trinajstić information content (AvgIpc) is 2.93. The van der Waals surface area contributed by atoms with Gasteiger partial charge < -0.3 is 14.0 Å². The standard InChI is InChI=1S/C20H23NO4S/c1-15-13-18(16(2)21(15)10-11-24-3)19(22)14-25-20(23)9-12-26-17-7-5-4-6-8-17/h4-9,12-13H,10-11,14H2,1-3H3/b12-9+. The van der Waals surface area contributed by atoms with Crippen molar-refractivity contribution in [3.05, 3.63) is 64.8 Å². The average molecular weight is 373 g/mol. The Kier molecular flexibility index (Phi) is 7.69. The van der Waals surface area contributed by atoms with E-state index in [9.17, 15) is 9.59 Å². The number of aromatic nitrogens is 1. The van der Waals surface area contributed by atoms with Gasteiger partial charge in [0.25, 0.3) is 0 Å². The first-order valence-electron chi connectivity index (χ1n) is 8.26. The van der Waals surface area contributed by atoms with Gasteiger partial charge in [-0.25, -0.2) is 4.79 Å². The van der Waals surface area contributed by atoms with Crippen molar-refractivity contribution in [3.63, 3.8) is 0 Å². The van der Waals surface area contributed by atoms with Gasteiger partial charge in [0.15, 0.2) is 6.61 Å². The highest BCUT2D eigenvalue weighted by Crippen LogP contribution is 2.18. The van der Waals surface area contributed by atoms with Gasteiger partial charge in [0.05, 0.1) is 6.61 Å². The molecule has 1 aromatic carbocycles. The molecule has 138 valence electrons. The largest absolute Gasteiger partial charge is 0.454 e. The number of rotatable bonds is 9. The molecule has 0 N–H and O–H groups in total. The third-order valence-corrected chi connectivity index (χ3v) is 4.71. The van der Waals surface area contributed by atoms with E-state index in [4.69, 9.17) is 9.47 Å². The van der Waals surface area contributed by atoms with E-state index in [1.807, 2.05) is 54.8 Å². The fourth-order valence-corrected chi connectivity index (χ4v) is 3.19. The number of ether oxygens (including phenoxy) is 2. The van der Waals surface area contributed by atoms with Crippen molar-refractivity contribution >= 4 is 23.5 Å². The molecule has 0 atom stereocenters. The number of aryl methyl sites for hydroxylation is 1. The summed E-state index contributed by atoms with van der Waals surface area (Å²) in [6.07, 6.45) is 1.33. The van der Waals surface area contributed by atoms with Crippen molar-refractivity contribution in [1.29, 1.82) is 0 Å². The minimum atomic E-state index is -0.532. The van der Waals surface area contributed by atoms with Gasteiger partial charge in [-0.2, -0.15) is 0 Å². The van der Waals surface area contributed by atoms with Crippen LogP contribution in [-0.2, 0) is 20.8 Å². The van der Waals surface area contributed by atoms with Crippen LogP contribution in [-0.4, -0.2) is 36.6 Å². The lowest BCUT2D eigenvalue weighted by Gasteiger charge is -2.08. The summed E-state index contributed by atoms with van der Waals surface area (Å²) in [7, 11) is 1.64. The maximum atomic E-state index is 12.4. The summed E-state index contributed by atoms with van der Waals surface area (Å²) >= 11 is 1.41. The number of hydrogen-bond donors (Lipinski definition) is 0. The van der Waals surface area contributed by atoms with E-state index >= 15 is 0 Å². The lowest BCUT2D eigenvalue weighted by Crippen LogP contribution is -2.14. The van der Waals surface area contributed by atoms with Crippen LogP contribution in [0.4, 0.5) is 0 Å². The molecule has 0 aliphatic rings. The first kappa shape index (κ1) is 20.0. The maximum absolute atomic E-state index is 12.4. The van der Waals surface area contributed by atoms with E-state index in [0.29, 0.717) is 18.7 Å². The Morgan fingerprint density at radius 2 is 1.92 bits per heavy atom. The lowest BCUT2D eigenvalue weighted by molar-refractivity contribution is -0.136. The van der Waals surface area contributed by atoms with Crippen LogP contribution in [0.25, 0.3) is 0 Å². The smallest absolute Gasteiger partial charge is 0.331 e. The number of esters is 1. The van der Waals surface area contributed by atoms with Crippen LogP contribution in [0.2, 0.25) is 0 Å². The summed E-state index contributed by atoms with van der Waals surface area (Å²) in [4.78, 5) is 25.1. The topological polar surface area (TPSA) is 57.5 Å². The molecule has 0 aliphatic carbocycles. The monoisotopic (exact) mass is 373 g/mol. The SMILES string of the molecule is COCCn1c(C)cc(C(=O)COC(=O)/C=C/Sc2ccccc2)c1C. The zero-order valence-corrected chi connectivity index (χ0v) is 16.0. The number of thioether (sulfide) groups is 1. The molecule has 0 spiro atoms. The molecule has 2 aromatic rings. The van der Waals surface area contributed by atoms with Crippen molar-refractivity contribution in [3.8, 4) is 0 Å². The Morgan fingerprint density at radius 3 is 2.62 bits per heavy atom. The molecule has 0 unspecified atom stereocenters. The highest BCUT2D eigenvalue weighted by atomic mass is 32.2. The van der Waals surface area contributed by atoms with Crippen LogP contribution in [0.3, 0.4) is 0 Å². The molecule has 0 saturated carbocycles. The number of nitrogens with zero attached hydrogens (tertiary/aromatic N) is 1. The normalized spacial score (nSPS) is 11.0. The molecule has 0 amide bonds. The van der Waals surface area contributed by atoms with Gasteiger partial charge in [0.1, 0.15) is 0 Å². The van der Waals surface area contributed by atoms with Crippen molar-refractivity contribution in [2.24, 2.45) is 0 Å². The number of benzene rings is 1. The lowest BCUT2D eigenvalue weighted by atomic mass is 10.1. The Labute approximate surface area is 158 Å². The van der Waals surface area contributed by atoms with Gasteiger partial charge in [0.2, 0.25) is 5.78 Å². The molecule has 6 heteroatoms. The molecular weight excluding hydrogens is 350 g/mol. The Balaban J connectivity index is 1.87. The van der Waals surface area contributed by atoms with Crippen LogP contribution < -0.4 is 0 Å². The first-order valence-corrected chi connectivity index (χ1v) is 9.14. The molecular formula is C20H23NO4S. The first-order chi connectivity index (χ1) is 12.5. The fraction of sp³-hybridized carbons (Fsp3) is 0.300. The molecule has 0 saturated heterocycles. The van der Waals surface area contributed by atoms with Gasteiger partial charge in [-0.05, 0) is 37.5 Å². The predicted octanol–water partition coefficient (Wildman–Crippen LogP) is 3.78. The second-order valence-corrected chi connectivity index (χ2v) is 6.67. The molecule has 2 rings (SSSR count). The third kappa shape index (κ3) is 5.61. The zero-order chi connectivity index (χ0) is 18.9. The van der Waals surface area contributed by atoms with Crippen LogP contribution in [0, 0.1) is 13.8 Å². The van der Waals surface area contributed by atoms with Crippen LogP contribution in [0.15, 0.2) is 52.8 Å². The van der Waals surface area contributed by atoms with E-state index in [0.717, 1.165) is 16.3 Å². The van der Waals surface area contributed by atoms with E-state index in [2.05, 4.69) is 0 Å². The second-order valence-electron chi connectivity index (χ2n) is 5.69. The van der Waals surface area contributed by atoms with Crippen molar-refractivity contribution in [2.45, 2.75) is 25.3 Å². The van der Waals surface area contributed by atoms with Gasteiger partial charge in [-0.1, -0.05) is 30.0 Å². The molecule has 0 fully saturated rings. The highest BCUT2D eigenvalue weighted by molar-refractivity contribution is 8.02. The summed E-state index contributed by atoms with van der Waals surface area (Å²) in [5.74, 6) is -0.741. The third-order valence-electron chi connectivity index (χ3n) is 3.89. The Hall–Kier alpha value is -2.31. The minimum absolute atomic E-state index is 0.209. The molecule has 0 radical (unpaired) electrons. The molecule has 0 bridgehead atoms. The summed E-state index contributed by atoms with van der Waals surface area (Å²) in [5.41, 5.74) is 2.42. The molecule has 1 heterocycles.